The average Bonchev–Trinajstić information content (AvgIpc) is 3.15. The van der Waals surface area contributed by atoms with Crippen LogP contribution in [0.25, 0.3) is 0 Å². The summed E-state index contributed by atoms with van der Waals surface area (Å²) in [5, 5.41) is 28.5. The summed E-state index contributed by atoms with van der Waals surface area (Å²) in [5.41, 5.74) is 0.719. The second-order valence-corrected chi connectivity index (χ2v) is 7.67. The molecule has 1 fully saturated rings. The maximum atomic E-state index is 12.4. The van der Waals surface area contributed by atoms with Gasteiger partial charge in [0.15, 0.2) is 11.5 Å². The lowest BCUT2D eigenvalue weighted by Gasteiger charge is -2.15. The van der Waals surface area contributed by atoms with E-state index in [2.05, 4.69) is 4.99 Å². The van der Waals surface area contributed by atoms with Gasteiger partial charge in [0, 0.05) is 24.9 Å². The molecular formula is C17H18N2O5S. The summed E-state index contributed by atoms with van der Waals surface area (Å²) in [4.78, 5) is 4.36. The molecule has 1 saturated heterocycles. The maximum absolute atomic E-state index is 12.4. The number of nitrogens with zero attached hydrogens (tertiary/aromatic N) is 2. The van der Waals surface area contributed by atoms with Crippen molar-refractivity contribution in [2.75, 3.05) is 13.1 Å². The van der Waals surface area contributed by atoms with E-state index in [1.54, 1.807) is 12.1 Å². The molecule has 132 valence electrons. The molecule has 0 bridgehead atoms. The molecule has 7 nitrogen and oxygen atoms in total. The number of rotatable bonds is 4. The van der Waals surface area contributed by atoms with Crippen molar-refractivity contribution in [1.29, 1.82) is 0 Å². The molecule has 25 heavy (non-hydrogen) atoms. The van der Waals surface area contributed by atoms with Crippen LogP contribution in [0.2, 0.25) is 0 Å². The van der Waals surface area contributed by atoms with Crippen molar-refractivity contribution in [3.8, 4) is 17.2 Å². The van der Waals surface area contributed by atoms with Gasteiger partial charge in [-0.15, -0.1) is 0 Å². The number of hydrogen-bond acceptors (Lipinski definition) is 6. The lowest BCUT2D eigenvalue weighted by molar-refractivity contribution is 0.367. The van der Waals surface area contributed by atoms with E-state index in [0.717, 1.165) is 12.8 Å². The quantitative estimate of drug-likeness (QED) is 0.571. The molecule has 1 heterocycles. The van der Waals surface area contributed by atoms with E-state index in [0.29, 0.717) is 18.8 Å². The summed E-state index contributed by atoms with van der Waals surface area (Å²) >= 11 is 0. The van der Waals surface area contributed by atoms with Gasteiger partial charge in [0.2, 0.25) is 15.8 Å². The Labute approximate surface area is 145 Å². The van der Waals surface area contributed by atoms with Gasteiger partial charge >= 0.3 is 0 Å². The highest BCUT2D eigenvalue weighted by Crippen LogP contribution is 2.36. The first-order valence-corrected chi connectivity index (χ1v) is 9.22. The molecule has 0 saturated carbocycles. The largest absolute Gasteiger partial charge is 0.504 e. The van der Waals surface area contributed by atoms with Crippen molar-refractivity contribution in [1.82, 2.24) is 4.31 Å². The van der Waals surface area contributed by atoms with Crippen LogP contribution in [0.3, 0.4) is 0 Å². The van der Waals surface area contributed by atoms with Gasteiger partial charge < -0.3 is 15.3 Å². The van der Waals surface area contributed by atoms with Crippen LogP contribution in [0, 0.1) is 0 Å². The van der Waals surface area contributed by atoms with Crippen molar-refractivity contribution in [3.63, 3.8) is 0 Å². The third-order valence-electron chi connectivity index (χ3n) is 4.05. The Morgan fingerprint density at radius 2 is 1.56 bits per heavy atom. The molecule has 0 spiro atoms. The van der Waals surface area contributed by atoms with Crippen LogP contribution >= 0.6 is 0 Å². The summed E-state index contributed by atoms with van der Waals surface area (Å²) in [6.07, 6.45) is 3.08. The highest BCUT2D eigenvalue weighted by molar-refractivity contribution is 7.89. The normalized spacial score (nSPS) is 15.8. The number of benzene rings is 2. The molecule has 1 aliphatic heterocycles. The van der Waals surface area contributed by atoms with E-state index < -0.39 is 27.3 Å². The number of aliphatic imine (C=N–C) groups is 1. The van der Waals surface area contributed by atoms with Gasteiger partial charge in [-0.1, -0.05) is 0 Å². The number of phenolic OH excluding ortho intramolecular Hbond substituents is 3. The van der Waals surface area contributed by atoms with Crippen molar-refractivity contribution >= 4 is 21.9 Å². The molecular weight excluding hydrogens is 344 g/mol. The second-order valence-electron chi connectivity index (χ2n) is 5.73. The van der Waals surface area contributed by atoms with Gasteiger partial charge in [0.05, 0.1) is 10.6 Å². The lowest BCUT2D eigenvalue weighted by atomic mass is 10.2. The number of hydrogen-bond donors (Lipinski definition) is 3. The van der Waals surface area contributed by atoms with E-state index in [1.807, 2.05) is 0 Å². The third kappa shape index (κ3) is 3.45. The zero-order chi connectivity index (χ0) is 18.0. The first-order valence-electron chi connectivity index (χ1n) is 7.78. The van der Waals surface area contributed by atoms with Crippen LogP contribution in [0.5, 0.6) is 17.2 Å². The van der Waals surface area contributed by atoms with Crippen molar-refractivity contribution in [3.05, 3.63) is 42.0 Å². The highest BCUT2D eigenvalue weighted by atomic mass is 32.2. The Balaban J connectivity index is 1.80. The Hall–Kier alpha value is -2.58. The molecule has 0 aromatic heterocycles. The van der Waals surface area contributed by atoms with Crippen LogP contribution in [-0.2, 0) is 10.0 Å². The van der Waals surface area contributed by atoms with Crippen LogP contribution in [0.4, 0.5) is 5.69 Å². The molecule has 0 amide bonds. The zero-order valence-electron chi connectivity index (χ0n) is 13.3. The minimum absolute atomic E-state index is 0.221. The summed E-state index contributed by atoms with van der Waals surface area (Å²) in [7, 11) is -3.46. The van der Waals surface area contributed by atoms with E-state index in [4.69, 9.17) is 0 Å². The van der Waals surface area contributed by atoms with Gasteiger partial charge in [-0.3, -0.25) is 4.99 Å². The van der Waals surface area contributed by atoms with E-state index in [1.165, 1.54) is 34.8 Å². The van der Waals surface area contributed by atoms with Gasteiger partial charge in [-0.05, 0) is 49.2 Å². The number of phenols is 3. The van der Waals surface area contributed by atoms with Crippen LogP contribution in [-0.4, -0.2) is 47.3 Å². The number of aromatic hydroxyl groups is 3. The fraction of sp³-hybridized carbons (Fsp3) is 0.235. The minimum Gasteiger partial charge on any atom is -0.504 e. The Morgan fingerprint density at radius 3 is 2.20 bits per heavy atom. The van der Waals surface area contributed by atoms with Gasteiger partial charge in [-0.25, -0.2) is 8.42 Å². The summed E-state index contributed by atoms with van der Waals surface area (Å²) in [5.74, 6) is -1.51. The van der Waals surface area contributed by atoms with Crippen LogP contribution < -0.4 is 0 Å². The molecule has 0 aliphatic carbocycles. The van der Waals surface area contributed by atoms with Crippen molar-refractivity contribution < 1.29 is 23.7 Å². The summed E-state index contributed by atoms with van der Waals surface area (Å²) in [6.45, 7) is 1.09. The predicted molar refractivity (Wildman–Crippen MR) is 93.1 cm³/mol. The fourth-order valence-corrected chi connectivity index (χ4v) is 4.13. The Bertz CT molecular complexity index is 901. The summed E-state index contributed by atoms with van der Waals surface area (Å²) in [6, 6.07) is 8.76. The van der Waals surface area contributed by atoms with Crippen LogP contribution in [0.15, 0.2) is 46.3 Å². The van der Waals surface area contributed by atoms with Gasteiger partial charge in [0.1, 0.15) is 0 Å². The van der Waals surface area contributed by atoms with E-state index in [-0.39, 0.29) is 10.5 Å². The molecule has 1 aliphatic rings. The molecule has 8 heteroatoms. The molecule has 2 aromatic rings. The molecule has 0 atom stereocenters. The topological polar surface area (TPSA) is 110 Å². The first-order chi connectivity index (χ1) is 11.9. The smallest absolute Gasteiger partial charge is 0.243 e. The maximum Gasteiger partial charge on any atom is 0.243 e. The second kappa shape index (κ2) is 6.73. The molecule has 0 radical (unpaired) electrons. The Kier molecular flexibility index (Phi) is 4.65. The molecule has 2 aromatic carbocycles. The van der Waals surface area contributed by atoms with Gasteiger partial charge in [-0.2, -0.15) is 4.31 Å². The first kappa shape index (κ1) is 17.2. The minimum atomic E-state index is -3.46. The number of sulfonamides is 1. The fourth-order valence-electron chi connectivity index (χ4n) is 2.61. The predicted octanol–water partition coefficient (Wildman–Crippen LogP) is 2.34. The van der Waals surface area contributed by atoms with E-state index >= 15 is 0 Å². The Morgan fingerprint density at radius 1 is 0.920 bits per heavy atom. The van der Waals surface area contributed by atoms with Crippen LogP contribution in [0.1, 0.15) is 18.4 Å². The molecule has 3 N–H and O–H groups in total. The van der Waals surface area contributed by atoms with Crippen molar-refractivity contribution in [2.45, 2.75) is 17.7 Å². The SMILES string of the molecule is O=S(=O)(c1ccc(N=Cc2ccc(O)c(O)c2O)cc1)N1CCCC1. The van der Waals surface area contributed by atoms with Crippen molar-refractivity contribution in [2.24, 2.45) is 4.99 Å². The van der Waals surface area contributed by atoms with E-state index in [9.17, 15) is 23.7 Å². The molecule has 3 rings (SSSR count). The third-order valence-corrected chi connectivity index (χ3v) is 5.97. The van der Waals surface area contributed by atoms with Gasteiger partial charge in [0.25, 0.3) is 0 Å². The zero-order valence-corrected chi connectivity index (χ0v) is 14.1. The standard InChI is InChI=1S/C17H18N2O5S/c20-15-8-3-12(16(21)17(15)22)11-18-13-4-6-14(7-5-13)25(23,24)19-9-1-2-10-19/h3-8,11,20-22H,1-2,9-10H2. The lowest BCUT2D eigenvalue weighted by Crippen LogP contribution is -2.27. The summed E-state index contributed by atoms with van der Waals surface area (Å²) < 4.78 is 26.4. The average molecular weight is 362 g/mol. The molecule has 0 unspecified atom stereocenters. The highest BCUT2D eigenvalue weighted by Gasteiger charge is 2.26. The monoisotopic (exact) mass is 362 g/mol.